The van der Waals surface area contributed by atoms with Crippen LogP contribution in [0.3, 0.4) is 0 Å². The van der Waals surface area contributed by atoms with Crippen molar-refractivity contribution in [1.82, 2.24) is 9.62 Å². The van der Waals surface area contributed by atoms with Crippen molar-refractivity contribution in [3.05, 3.63) is 29.3 Å². The monoisotopic (exact) mass is 293 g/mol. The molecule has 2 atom stereocenters. The van der Waals surface area contributed by atoms with Gasteiger partial charge in [-0.2, -0.15) is 9.57 Å². The second kappa shape index (κ2) is 5.52. The quantitative estimate of drug-likeness (QED) is 0.890. The van der Waals surface area contributed by atoms with Crippen molar-refractivity contribution < 1.29 is 8.42 Å². The average molecular weight is 293 g/mol. The number of hydrogen-bond donors (Lipinski definition) is 1. The van der Waals surface area contributed by atoms with Crippen LogP contribution in [0.5, 0.6) is 0 Å². The van der Waals surface area contributed by atoms with E-state index in [2.05, 4.69) is 5.32 Å². The summed E-state index contributed by atoms with van der Waals surface area (Å²) in [4.78, 5) is 0.234. The molecule has 0 amide bonds. The molecular weight excluding hydrogens is 274 g/mol. The highest BCUT2D eigenvalue weighted by Crippen LogP contribution is 2.23. The number of hydrogen-bond acceptors (Lipinski definition) is 4. The maximum absolute atomic E-state index is 12.8. The van der Waals surface area contributed by atoms with E-state index in [1.54, 1.807) is 19.1 Å². The number of aryl methyl sites for hydroxylation is 1. The second-order valence-electron chi connectivity index (χ2n) is 5.38. The molecule has 1 aliphatic heterocycles. The highest BCUT2D eigenvalue weighted by Gasteiger charge is 2.32. The normalized spacial score (nSPS) is 24.3. The molecular formula is C14H19N3O2S. The maximum atomic E-state index is 12.8. The van der Waals surface area contributed by atoms with Gasteiger partial charge in [0, 0.05) is 25.2 Å². The number of benzene rings is 1. The molecule has 1 aromatic carbocycles. The second-order valence-corrected chi connectivity index (χ2v) is 7.29. The molecule has 1 heterocycles. The van der Waals surface area contributed by atoms with E-state index in [4.69, 9.17) is 5.26 Å². The summed E-state index contributed by atoms with van der Waals surface area (Å²) >= 11 is 0. The van der Waals surface area contributed by atoms with Gasteiger partial charge in [-0.3, -0.25) is 0 Å². The zero-order chi connectivity index (χ0) is 14.9. The summed E-state index contributed by atoms with van der Waals surface area (Å²) in [6, 6.07) is 7.01. The first kappa shape index (κ1) is 15.0. The van der Waals surface area contributed by atoms with Crippen LogP contribution in [0.4, 0.5) is 0 Å². The number of nitrogens with one attached hydrogen (secondary N) is 1. The van der Waals surface area contributed by atoms with Crippen LogP contribution in [0, 0.1) is 18.3 Å². The predicted octanol–water partition coefficient (Wildman–Crippen LogP) is 1.24. The van der Waals surface area contributed by atoms with Crippen LogP contribution >= 0.6 is 0 Å². The van der Waals surface area contributed by atoms with Gasteiger partial charge in [-0.05, 0) is 38.5 Å². The fourth-order valence-electron chi connectivity index (χ4n) is 2.56. The fourth-order valence-corrected chi connectivity index (χ4v) is 4.43. The van der Waals surface area contributed by atoms with Crippen LogP contribution in [0.15, 0.2) is 23.1 Å². The van der Waals surface area contributed by atoms with Crippen molar-refractivity contribution in [1.29, 1.82) is 5.26 Å². The topological polar surface area (TPSA) is 73.2 Å². The summed E-state index contributed by atoms with van der Waals surface area (Å²) < 4.78 is 27.0. The van der Waals surface area contributed by atoms with Gasteiger partial charge in [-0.25, -0.2) is 8.42 Å². The Morgan fingerprint density at radius 2 is 1.90 bits per heavy atom. The standard InChI is InChI=1S/C14H19N3O2S/c1-10-4-5-13(7-15)6-14(10)20(18,19)17-8-11(2)16-12(3)9-17/h4-6,11-12,16H,8-9H2,1-3H3/t11-,12-/m1/s1. The van der Waals surface area contributed by atoms with Crippen molar-refractivity contribution in [2.75, 3.05) is 13.1 Å². The van der Waals surface area contributed by atoms with Gasteiger partial charge in [0.05, 0.1) is 16.5 Å². The van der Waals surface area contributed by atoms with Crippen LogP contribution in [0.25, 0.3) is 0 Å². The molecule has 1 aliphatic rings. The molecule has 1 N–H and O–H groups in total. The van der Waals surface area contributed by atoms with Crippen molar-refractivity contribution in [2.24, 2.45) is 0 Å². The van der Waals surface area contributed by atoms with Crippen LogP contribution in [0.2, 0.25) is 0 Å². The lowest BCUT2D eigenvalue weighted by Crippen LogP contribution is -2.55. The zero-order valence-corrected chi connectivity index (χ0v) is 12.7. The third-order valence-electron chi connectivity index (χ3n) is 3.46. The number of nitriles is 1. The summed E-state index contributed by atoms with van der Waals surface area (Å²) in [5.74, 6) is 0. The lowest BCUT2D eigenvalue weighted by Gasteiger charge is -2.35. The highest BCUT2D eigenvalue weighted by molar-refractivity contribution is 7.89. The Morgan fingerprint density at radius 3 is 2.45 bits per heavy atom. The summed E-state index contributed by atoms with van der Waals surface area (Å²) in [6.07, 6.45) is 0. The van der Waals surface area contributed by atoms with E-state index in [0.717, 1.165) is 0 Å². The summed E-state index contributed by atoms with van der Waals surface area (Å²) in [7, 11) is -3.55. The van der Waals surface area contributed by atoms with E-state index in [-0.39, 0.29) is 17.0 Å². The van der Waals surface area contributed by atoms with Gasteiger partial charge < -0.3 is 5.32 Å². The molecule has 1 fully saturated rings. The van der Waals surface area contributed by atoms with E-state index in [1.807, 2.05) is 19.9 Å². The minimum atomic E-state index is -3.55. The molecule has 5 nitrogen and oxygen atoms in total. The first-order valence-electron chi connectivity index (χ1n) is 6.61. The molecule has 108 valence electrons. The van der Waals surface area contributed by atoms with Gasteiger partial charge in [-0.1, -0.05) is 6.07 Å². The van der Waals surface area contributed by atoms with Gasteiger partial charge in [0.25, 0.3) is 0 Å². The molecule has 0 radical (unpaired) electrons. The third-order valence-corrected chi connectivity index (χ3v) is 5.43. The van der Waals surface area contributed by atoms with E-state index < -0.39 is 10.0 Å². The van der Waals surface area contributed by atoms with Crippen molar-refractivity contribution >= 4 is 10.0 Å². The molecule has 0 bridgehead atoms. The van der Waals surface area contributed by atoms with Crippen LogP contribution in [-0.2, 0) is 10.0 Å². The summed E-state index contributed by atoms with van der Waals surface area (Å²) in [5.41, 5.74) is 1.04. The Balaban J connectivity index is 2.42. The largest absolute Gasteiger partial charge is 0.309 e. The Bertz CT molecular complexity index is 639. The smallest absolute Gasteiger partial charge is 0.243 e. The van der Waals surface area contributed by atoms with Gasteiger partial charge in [0.2, 0.25) is 10.0 Å². The van der Waals surface area contributed by atoms with Gasteiger partial charge in [-0.15, -0.1) is 0 Å². The van der Waals surface area contributed by atoms with E-state index in [9.17, 15) is 8.42 Å². The molecule has 0 spiro atoms. The van der Waals surface area contributed by atoms with Gasteiger partial charge in [0.15, 0.2) is 0 Å². The first-order chi connectivity index (χ1) is 9.34. The lowest BCUT2D eigenvalue weighted by atomic mass is 10.2. The number of sulfonamides is 1. The molecule has 6 heteroatoms. The molecule has 0 aromatic heterocycles. The number of piperazine rings is 1. The predicted molar refractivity (Wildman–Crippen MR) is 76.7 cm³/mol. The van der Waals surface area contributed by atoms with Crippen molar-refractivity contribution in [2.45, 2.75) is 37.8 Å². The van der Waals surface area contributed by atoms with Gasteiger partial charge in [0.1, 0.15) is 0 Å². The minimum absolute atomic E-state index is 0.119. The molecule has 1 aromatic rings. The van der Waals surface area contributed by atoms with E-state index in [0.29, 0.717) is 24.2 Å². The Hall–Kier alpha value is -1.42. The maximum Gasteiger partial charge on any atom is 0.243 e. The zero-order valence-electron chi connectivity index (χ0n) is 11.9. The fraction of sp³-hybridized carbons (Fsp3) is 0.500. The third kappa shape index (κ3) is 2.85. The SMILES string of the molecule is Cc1ccc(C#N)cc1S(=O)(=O)N1C[C@@H](C)N[C@H](C)C1. The van der Waals surface area contributed by atoms with Crippen LogP contribution in [-0.4, -0.2) is 37.9 Å². The summed E-state index contributed by atoms with van der Waals surface area (Å²) in [5, 5.41) is 12.3. The summed E-state index contributed by atoms with van der Waals surface area (Å²) in [6.45, 7) is 6.59. The van der Waals surface area contributed by atoms with E-state index in [1.165, 1.54) is 10.4 Å². The van der Waals surface area contributed by atoms with E-state index >= 15 is 0 Å². The van der Waals surface area contributed by atoms with Crippen molar-refractivity contribution in [3.8, 4) is 6.07 Å². The number of rotatable bonds is 2. The van der Waals surface area contributed by atoms with Gasteiger partial charge >= 0.3 is 0 Å². The Labute approximate surface area is 120 Å². The first-order valence-corrected chi connectivity index (χ1v) is 8.05. The highest BCUT2D eigenvalue weighted by atomic mass is 32.2. The molecule has 0 unspecified atom stereocenters. The molecule has 2 rings (SSSR count). The Kier molecular flexibility index (Phi) is 4.14. The average Bonchev–Trinajstić information content (AvgIpc) is 2.38. The Morgan fingerprint density at radius 1 is 1.30 bits per heavy atom. The molecule has 0 aliphatic carbocycles. The molecule has 0 saturated carbocycles. The van der Waals surface area contributed by atoms with Crippen LogP contribution < -0.4 is 5.32 Å². The number of nitrogens with zero attached hydrogens (tertiary/aromatic N) is 2. The van der Waals surface area contributed by atoms with Crippen molar-refractivity contribution in [3.63, 3.8) is 0 Å². The van der Waals surface area contributed by atoms with Crippen LogP contribution in [0.1, 0.15) is 25.0 Å². The molecule has 20 heavy (non-hydrogen) atoms. The lowest BCUT2D eigenvalue weighted by molar-refractivity contribution is 0.263. The molecule has 1 saturated heterocycles. The minimum Gasteiger partial charge on any atom is -0.309 e.